The fourth-order valence-corrected chi connectivity index (χ4v) is 3.09. The topological polar surface area (TPSA) is 27.3 Å². The number of rotatable bonds is 1. The van der Waals surface area contributed by atoms with E-state index in [-0.39, 0.29) is 0 Å². The minimum atomic E-state index is 0.412. The Morgan fingerprint density at radius 1 is 1.06 bits per heavy atom. The molecule has 2 aliphatic heterocycles. The van der Waals surface area contributed by atoms with Gasteiger partial charge in [0.05, 0.1) is 0 Å². The molecular formula is C13H27N3. The second-order valence-electron chi connectivity index (χ2n) is 6.63. The molecule has 2 N–H and O–H groups in total. The minimum absolute atomic E-state index is 0.412. The summed E-state index contributed by atoms with van der Waals surface area (Å²) in [5, 5.41) is 7.08. The van der Waals surface area contributed by atoms with Crippen molar-refractivity contribution in [1.29, 1.82) is 0 Å². The van der Waals surface area contributed by atoms with Gasteiger partial charge < -0.3 is 10.6 Å². The van der Waals surface area contributed by atoms with E-state index in [4.69, 9.17) is 0 Å². The molecule has 94 valence electrons. The van der Waals surface area contributed by atoms with Crippen molar-refractivity contribution in [2.75, 3.05) is 39.3 Å². The van der Waals surface area contributed by atoms with Crippen molar-refractivity contribution >= 4 is 0 Å². The predicted octanol–water partition coefficient (Wildman–Crippen LogP) is 1.06. The van der Waals surface area contributed by atoms with Crippen LogP contribution in [0, 0.1) is 5.41 Å². The van der Waals surface area contributed by atoms with E-state index >= 15 is 0 Å². The van der Waals surface area contributed by atoms with E-state index in [2.05, 4.69) is 36.3 Å². The van der Waals surface area contributed by atoms with Gasteiger partial charge in [0.25, 0.3) is 0 Å². The van der Waals surface area contributed by atoms with Crippen LogP contribution in [0.5, 0.6) is 0 Å². The summed E-state index contributed by atoms with van der Waals surface area (Å²) in [6, 6.07) is 0. The standard InChI is InChI=1S/C13H27N3/c1-12(2,3)11-16-9-8-15-10-13(16)4-6-14-7-5-13/h14-15H,4-11H2,1-3H3. The Morgan fingerprint density at radius 3 is 2.38 bits per heavy atom. The first-order valence-electron chi connectivity index (χ1n) is 6.68. The third-order valence-electron chi connectivity index (χ3n) is 3.88. The average molecular weight is 225 g/mol. The Balaban J connectivity index is 2.06. The number of hydrogen-bond acceptors (Lipinski definition) is 3. The van der Waals surface area contributed by atoms with Crippen LogP contribution in [0.3, 0.4) is 0 Å². The Labute approximate surface area is 100.0 Å². The van der Waals surface area contributed by atoms with Crippen molar-refractivity contribution in [3.63, 3.8) is 0 Å². The van der Waals surface area contributed by atoms with Crippen molar-refractivity contribution in [3.8, 4) is 0 Å². The quantitative estimate of drug-likeness (QED) is 0.699. The maximum absolute atomic E-state index is 3.59. The molecule has 0 unspecified atom stereocenters. The van der Waals surface area contributed by atoms with E-state index in [1.165, 1.54) is 45.6 Å². The van der Waals surface area contributed by atoms with Crippen molar-refractivity contribution in [2.45, 2.75) is 39.2 Å². The van der Waals surface area contributed by atoms with Gasteiger partial charge in [0.1, 0.15) is 0 Å². The van der Waals surface area contributed by atoms with Crippen molar-refractivity contribution in [2.24, 2.45) is 5.41 Å². The molecule has 2 rings (SSSR count). The first kappa shape index (κ1) is 12.3. The molecule has 2 fully saturated rings. The highest BCUT2D eigenvalue weighted by Gasteiger charge is 2.40. The summed E-state index contributed by atoms with van der Waals surface area (Å²) in [6.07, 6.45) is 2.60. The summed E-state index contributed by atoms with van der Waals surface area (Å²) in [5.41, 5.74) is 0.853. The molecule has 0 aromatic rings. The van der Waals surface area contributed by atoms with Gasteiger partial charge in [0.15, 0.2) is 0 Å². The lowest BCUT2D eigenvalue weighted by Crippen LogP contribution is -2.65. The van der Waals surface area contributed by atoms with Crippen LogP contribution in [-0.4, -0.2) is 49.7 Å². The molecule has 3 heteroatoms. The zero-order chi connectivity index (χ0) is 11.6. The summed E-state index contributed by atoms with van der Waals surface area (Å²) in [6.45, 7) is 14.2. The van der Waals surface area contributed by atoms with Gasteiger partial charge in [0.2, 0.25) is 0 Å². The van der Waals surface area contributed by atoms with Crippen LogP contribution in [0.2, 0.25) is 0 Å². The number of hydrogen-bond donors (Lipinski definition) is 2. The molecular weight excluding hydrogens is 198 g/mol. The largest absolute Gasteiger partial charge is 0.317 e. The maximum Gasteiger partial charge on any atom is 0.0358 e. The molecule has 0 atom stereocenters. The van der Waals surface area contributed by atoms with Gasteiger partial charge in [-0.1, -0.05) is 20.8 Å². The van der Waals surface area contributed by atoms with Crippen molar-refractivity contribution in [3.05, 3.63) is 0 Å². The molecule has 2 aliphatic rings. The molecule has 0 saturated carbocycles. The molecule has 0 amide bonds. The molecule has 1 spiro atoms. The Bertz CT molecular complexity index is 218. The number of nitrogens with zero attached hydrogens (tertiary/aromatic N) is 1. The van der Waals surface area contributed by atoms with Crippen LogP contribution in [-0.2, 0) is 0 Å². The first-order chi connectivity index (χ1) is 7.52. The lowest BCUT2D eigenvalue weighted by atomic mass is 9.82. The molecule has 0 aromatic heterocycles. The fraction of sp³-hybridized carbons (Fsp3) is 1.00. The summed E-state index contributed by atoms with van der Waals surface area (Å²) in [5.74, 6) is 0. The number of piperazine rings is 1. The number of nitrogens with one attached hydrogen (secondary N) is 2. The SMILES string of the molecule is CC(C)(C)CN1CCNCC12CCNCC2. The van der Waals surface area contributed by atoms with Gasteiger partial charge >= 0.3 is 0 Å². The van der Waals surface area contributed by atoms with Gasteiger partial charge in [-0.05, 0) is 31.3 Å². The van der Waals surface area contributed by atoms with E-state index in [9.17, 15) is 0 Å². The Kier molecular flexibility index (Phi) is 3.57. The molecule has 0 bridgehead atoms. The van der Waals surface area contributed by atoms with E-state index in [0.717, 1.165) is 6.54 Å². The zero-order valence-electron chi connectivity index (χ0n) is 11.1. The molecule has 0 radical (unpaired) electrons. The highest BCUT2D eigenvalue weighted by atomic mass is 15.3. The van der Waals surface area contributed by atoms with E-state index in [1.807, 2.05) is 0 Å². The van der Waals surface area contributed by atoms with E-state index < -0.39 is 0 Å². The van der Waals surface area contributed by atoms with Crippen LogP contribution in [0.15, 0.2) is 0 Å². The summed E-state index contributed by atoms with van der Waals surface area (Å²) >= 11 is 0. The lowest BCUT2D eigenvalue weighted by Gasteiger charge is -2.51. The van der Waals surface area contributed by atoms with Gasteiger partial charge in [-0.3, -0.25) is 4.90 Å². The van der Waals surface area contributed by atoms with Crippen LogP contribution < -0.4 is 10.6 Å². The fourth-order valence-electron chi connectivity index (χ4n) is 3.09. The first-order valence-corrected chi connectivity index (χ1v) is 6.68. The molecule has 3 nitrogen and oxygen atoms in total. The average Bonchev–Trinajstić information content (AvgIpc) is 2.21. The molecule has 0 aliphatic carbocycles. The third kappa shape index (κ3) is 2.76. The predicted molar refractivity (Wildman–Crippen MR) is 68.7 cm³/mol. The molecule has 16 heavy (non-hydrogen) atoms. The second kappa shape index (κ2) is 4.63. The highest BCUT2D eigenvalue weighted by Crippen LogP contribution is 2.30. The number of piperidine rings is 1. The molecule has 2 heterocycles. The summed E-state index contributed by atoms with van der Waals surface area (Å²) in [4.78, 5) is 2.75. The minimum Gasteiger partial charge on any atom is -0.317 e. The highest BCUT2D eigenvalue weighted by molar-refractivity contribution is 4.99. The van der Waals surface area contributed by atoms with E-state index in [0.29, 0.717) is 11.0 Å². The Morgan fingerprint density at radius 2 is 1.75 bits per heavy atom. The van der Waals surface area contributed by atoms with Crippen molar-refractivity contribution < 1.29 is 0 Å². The van der Waals surface area contributed by atoms with Crippen molar-refractivity contribution in [1.82, 2.24) is 15.5 Å². The lowest BCUT2D eigenvalue weighted by molar-refractivity contribution is 0.00895. The second-order valence-corrected chi connectivity index (χ2v) is 6.63. The van der Waals surface area contributed by atoms with Crippen LogP contribution in [0.25, 0.3) is 0 Å². The normalized spacial score (nSPS) is 27.2. The van der Waals surface area contributed by atoms with Crippen LogP contribution in [0.1, 0.15) is 33.6 Å². The Hall–Kier alpha value is -0.120. The van der Waals surface area contributed by atoms with E-state index in [1.54, 1.807) is 0 Å². The smallest absolute Gasteiger partial charge is 0.0358 e. The zero-order valence-corrected chi connectivity index (χ0v) is 11.1. The van der Waals surface area contributed by atoms with Gasteiger partial charge in [-0.15, -0.1) is 0 Å². The summed E-state index contributed by atoms with van der Waals surface area (Å²) < 4.78 is 0. The molecule has 0 aromatic carbocycles. The van der Waals surface area contributed by atoms with Gasteiger partial charge in [-0.2, -0.15) is 0 Å². The molecule has 2 saturated heterocycles. The summed E-state index contributed by atoms with van der Waals surface area (Å²) in [7, 11) is 0. The maximum atomic E-state index is 3.59. The van der Waals surface area contributed by atoms with Crippen LogP contribution in [0.4, 0.5) is 0 Å². The van der Waals surface area contributed by atoms with Gasteiger partial charge in [0, 0.05) is 31.7 Å². The van der Waals surface area contributed by atoms with Crippen LogP contribution >= 0.6 is 0 Å². The monoisotopic (exact) mass is 225 g/mol. The third-order valence-corrected chi connectivity index (χ3v) is 3.88. The van der Waals surface area contributed by atoms with Gasteiger partial charge in [-0.25, -0.2) is 0 Å².